The molecule has 0 aliphatic rings. The minimum atomic E-state index is -3.03. The predicted molar refractivity (Wildman–Crippen MR) is 102 cm³/mol. The van der Waals surface area contributed by atoms with Crippen LogP contribution in [0.3, 0.4) is 0 Å². The zero-order valence-corrected chi connectivity index (χ0v) is 15.6. The van der Waals surface area contributed by atoms with E-state index in [4.69, 9.17) is 4.74 Å². The summed E-state index contributed by atoms with van der Waals surface area (Å²) in [4.78, 5) is 25.6. The van der Waals surface area contributed by atoms with Crippen LogP contribution >= 0.6 is 0 Å². The molecule has 0 fully saturated rings. The molecule has 0 unspecified atom stereocenters. The molecular weight excluding hydrogens is 370 g/mol. The van der Waals surface area contributed by atoms with E-state index in [0.717, 1.165) is 0 Å². The van der Waals surface area contributed by atoms with E-state index in [-0.39, 0.29) is 23.0 Å². The Morgan fingerprint density at radius 2 is 1.86 bits per heavy atom. The van der Waals surface area contributed by atoms with Gasteiger partial charge in [-0.2, -0.15) is 8.78 Å². The molecule has 0 aromatic heterocycles. The number of anilines is 1. The number of rotatable bonds is 7. The monoisotopic (exact) mass is 390 g/mol. The number of ether oxygens (including phenoxy) is 2. The van der Waals surface area contributed by atoms with Crippen LogP contribution in [-0.4, -0.2) is 44.5 Å². The van der Waals surface area contributed by atoms with E-state index >= 15 is 0 Å². The number of nitrogens with zero attached hydrogens (tertiary/aromatic N) is 1. The molecule has 0 radical (unpaired) electrons. The average molecular weight is 390 g/mol. The molecule has 0 heterocycles. The summed E-state index contributed by atoms with van der Waals surface area (Å²) in [6.07, 6.45) is 2.51. The lowest BCUT2D eigenvalue weighted by Crippen LogP contribution is -2.21. The summed E-state index contributed by atoms with van der Waals surface area (Å²) in [5.41, 5.74) is 1.11. The van der Waals surface area contributed by atoms with Crippen LogP contribution in [0.2, 0.25) is 0 Å². The van der Waals surface area contributed by atoms with Crippen LogP contribution in [0.15, 0.2) is 48.5 Å². The van der Waals surface area contributed by atoms with E-state index in [2.05, 4.69) is 10.1 Å². The summed E-state index contributed by atoms with van der Waals surface area (Å²) in [5.74, 6) is -0.738. The van der Waals surface area contributed by atoms with Gasteiger partial charge in [0.05, 0.1) is 7.11 Å². The third-order valence-corrected chi connectivity index (χ3v) is 3.63. The molecule has 2 aromatic rings. The lowest BCUT2D eigenvalue weighted by atomic mass is 10.1. The first-order valence-corrected chi connectivity index (χ1v) is 8.24. The van der Waals surface area contributed by atoms with Crippen LogP contribution in [0, 0.1) is 0 Å². The van der Waals surface area contributed by atoms with E-state index in [0.29, 0.717) is 11.3 Å². The second-order valence-electron chi connectivity index (χ2n) is 5.86. The highest BCUT2D eigenvalue weighted by molar-refractivity contribution is 6.03. The number of carbonyl (C=O) groups is 2. The molecule has 2 amide bonds. The van der Waals surface area contributed by atoms with Crippen molar-refractivity contribution in [3.8, 4) is 11.5 Å². The van der Waals surface area contributed by atoms with Crippen molar-refractivity contribution in [2.45, 2.75) is 6.61 Å². The van der Waals surface area contributed by atoms with Gasteiger partial charge in [0.25, 0.3) is 5.91 Å². The van der Waals surface area contributed by atoms with Crippen molar-refractivity contribution in [3.63, 3.8) is 0 Å². The zero-order chi connectivity index (χ0) is 20.7. The van der Waals surface area contributed by atoms with Crippen molar-refractivity contribution in [2.75, 3.05) is 26.5 Å². The van der Waals surface area contributed by atoms with Gasteiger partial charge in [0.15, 0.2) is 11.5 Å². The van der Waals surface area contributed by atoms with Crippen LogP contribution in [0.5, 0.6) is 11.5 Å². The minimum absolute atomic E-state index is 0.123. The van der Waals surface area contributed by atoms with Crippen LogP contribution in [0.4, 0.5) is 14.5 Å². The van der Waals surface area contributed by atoms with Crippen LogP contribution in [-0.2, 0) is 4.79 Å². The normalized spacial score (nSPS) is 10.8. The van der Waals surface area contributed by atoms with Crippen LogP contribution < -0.4 is 14.8 Å². The maximum absolute atomic E-state index is 12.7. The third kappa shape index (κ3) is 5.54. The first-order valence-electron chi connectivity index (χ1n) is 8.24. The van der Waals surface area contributed by atoms with Crippen molar-refractivity contribution in [2.24, 2.45) is 0 Å². The van der Waals surface area contributed by atoms with Gasteiger partial charge in [-0.25, -0.2) is 0 Å². The topological polar surface area (TPSA) is 67.9 Å². The Balaban J connectivity index is 2.17. The fourth-order valence-electron chi connectivity index (χ4n) is 2.38. The highest BCUT2D eigenvalue weighted by Crippen LogP contribution is 2.33. The summed E-state index contributed by atoms with van der Waals surface area (Å²) in [5, 5.41) is 2.62. The van der Waals surface area contributed by atoms with Crippen LogP contribution in [0.1, 0.15) is 15.9 Å². The minimum Gasteiger partial charge on any atom is -0.493 e. The average Bonchev–Trinajstić information content (AvgIpc) is 2.66. The van der Waals surface area contributed by atoms with E-state index < -0.39 is 12.5 Å². The van der Waals surface area contributed by atoms with Gasteiger partial charge in [-0.15, -0.1) is 0 Å². The molecule has 0 saturated carbocycles. The van der Waals surface area contributed by atoms with E-state index in [1.165, 1.54) is 36.3 Å². The largest absolute Gasteiger partial charge is 0.493 e. The van der Waals surface area contributed by atoms with Crippen molar-refractivity contribution in [1.29, 1.82) is 0 Å². The summed E-state index contributed by atoms with van der Waals surface area (Å²) >= 11 is 0. The maximum atomic E-state index is 12.7. The Kier molecular flexibility index (Phi) is 7.08. The number of methoxy groups -OCH3 is 1. The SMILES string of the molecule is COc1cccc(/C=C/C(=O)Nc2cccc(C(=O)N(C)C)c2)c1OC(F)F. The van der Waals surface area contributed by atoms with Gasteiger partial charge >= 0.3 is 6.61 Å². The summed E-state index contributed by atoms with van der Waals surface area (Å²) < 4.78 is 34.8. The zero-order valence-electron chi connectivity index (χ0n) is 15.6. The molecule has 8 heteroatoms. The van der Waals surface area contributed by atoms with Gasteiger partial charge in [0, 0.05) is 37.0 Å². The lowest BCUT2D eigenvalue weighted by molar-refractivity contribution is -0.111. The molecule has 0 aliphatic carbocycles. The number of hydrogen-bond donors (Lipinski definition) is 1. The molecule has 148 valence electrons. The molecule has 0 saturated heterocycles. The van der Waals surface area contributed by atoms with E-state index in [9.17, 15) is 18.4 Å². The first-order chi connectivity index (χ1) is 13.3. The second kappa shape index (κ2) is 9.50. The molecule has 0 spiro atoms. The number of amides is 2. The van der Waals surface area contributed by atoms with E-state index in [1.54, 1.807) is 44.4 Å². The molecule has 1 N–H and O–H groups in total. The molecule has 2 rings (SSSR count). The molecule has 0 aliphatic heterocycles. The molecule has 0 atom stereocenters. The van der Waals surface area contributed by atoms with Crippen LogP contribution in [0.25, 0.3) is 6.08 Å². The summed E-state index contributed by atoms with van der Waals surface area (Å²) in [6.45, 7) is -3.03. The van der Waals surface area contributed by atoms with E-state index in [1.807, 2.05) is 0 Å². The molecule has 28 heavy (non-hydrogen) atoms. The molecule has 6 nitrogen and oxygen atoms in total. The van der Waals surface area contributed by atoms with Crippen molar-refractivity contribution in [1.82, 2.24) is 4.90 Å². The third-order valence-electron chi connectivity index (χ3n) is 3.63. The number of benzene rings is 2. The molecule has 2 aromatic carbocycles. The highest BCUT2D eigenvalue weighted by atomic mass is 19.3. The summed E-state index contributed by atoms with van der Waals surface area (Å²) in [7, 11) is 4.59. The highest BCUT2D eigenvalue weighted by Gasteiger charge is 2.14. The number of halogens is 2. The van der Waals surface area contributed by atoms with Gasteiger partial charge in [0.2, 0.25) is 5.91 Å². The second-order valence-corrected chi connectivity index (χ2v) is 5.86. The first kappa shape index (κ1) is 20.9. The Labute approximate surface area is 161 Å². The Morgan fingerprint density at radius 1 is 1.14 bits per heavy atom. The van der Waals surface area contributed by atoms with Crippen molar-refractivity contribution < 1.29 is 27.8 Å². The maximum Gasteiger partial charge on any atom is 0.387 e. The van der Waals surface area contributed by atoms with Crippen molar-refractivity contribution >= 4 is 23.6 Å². The fraction of sp³-hybridized carbons (Fsp3) is 0.200. The molecular formula is C20H20F2N2O4. The van der Waals surface area contributed by atoms with Gasteiger partial charge in [0.1, 0.15) is 0 Å². The number of hydrogen-bond acceptors (Lipinski definition) is 4. The fourth-order valence-corrected chi connectivity index (χ4v) is 2.38. The smallest absolute Gasteiger partial charge is 0.387 e. The number of nitrogens with one attached hydrogen (secondary N) is 1. The molecule has 0 bridgehead atoms. The van der Waals surface area contributed by atoms with Gasteiger partial charge < -0.3 is 19.7 Å². The van der Waals surface area contributed by atoms with Crippen molar-refractivity contribution in [3.05, 3.63) is 59.7 Å². The number of alkyl halides is 2. The Bertz CT molecular complexity index is 882. The quantitative estimate of drug-likeness (QED) is 0.733. The predicted octanol–water partition coefficient (Wildman–Crippen LogP) is 3.65. The Hall–Kier alpha value is -3.42. The number of para-hydroxylation sites is 1. The van der Waals surface area contributed by atoms with Gasteiger partial charge in [-0.05, 0) is 30.3 Å². The summed E-state index contributed by atoms with van der Waals surface area (Å²) in [6, 6.07) is 11.0. The van der Waals surface area contributed by atoms with Gasteiger partial charge in [-0.1, -0.05) is 18.2 Å². The number of carbonyl (C=O) groups excluding carboxylic acids is 2. The lowest BCUT2D eigenvalue weighted by Gasteiger charge is -2.12. The van der Waals surface area contributed by atoms with Gasteiger partial charge in [-0.3, -0.25) is 9.59 Å². The Morgan fingerprint density at radius 3 is 2.50 bits per heavy atom. The standard InChI is InChI=1S/C20H20F2N2O4/c1-24(2)19(26)14-7-4-8-15(12-14)23-17(25)11-10-13-6-5-9-16(27-3)18(13)28-20(21)22/h4-12,20H,1-3H3,(H,23,25)/b11-10+.